The first kappa shape index (κ1) is 17.3. The fourth-order valence-electron chi connectivity index (χ4n) is 2.68. The van der Waals surface area contributed by atoms with E-state index < -0.39 is 10.0 Å². The van der Waals surface area contributed by atoms with E-state index in [4.69, 9.17) is 16.3 Å². The summed E-state index contributed by atoms with van der Waals surface area (Å²) in [5, 5.41) is 1.13. The van der Waals surface area contributed by atoms with Crippen LogP contribution in [0.25, 0.3) is 10.9 Å². The van der Waals surface area contributed by atoms with Crippen LogP contribution in [0.5, 0.6) is 5.75 Å². The van der Waals surface area contributed by atoms with Crippen molar-refractivity contribution < 1.29 is 13.2 Å². The molecule has 3 aromatic rings. The average molecular weight is 428 g/mol. The lowest BCUT2D eigenvalue weighted by atomic mass is 10.2. The van der Waals surface area contributed by atoms with Gasteiger partial charge in [-0.2, -0.15) is 0 Å². The van der Waals surface area contributed by atoms with Crippen molar-refractivity contribution in [2.45, 2.75) is 11.8 Å². The zero-order valence-corrected chi connectivity index (χ0v) is 16.0. The maximum absolute atomic E-state index is 13.2. The second-order valence-corrected chi connectivity index (χ2v) is 8.17. The Morgan fingerprint density at radius 3 is 2.62 bits per heavy atom. The van der Waals surface area contributed by atoms with Gasteiger partial charge in [0.05, 0.1) is 17.8 Å². The summed E-state index contributed by atoms with van der Waals surface area (Å²) in [7, 11) is -3.83. The third-order valence-electron chi connectivity index (χ3n) is 3.66. The van der Waals surface area contributed by atoms with Gasteiger partial charge in [-0.1, -0.05) is 23.7 Å². The van der Waals surface area contributed by atoms with Gasteiger partial charge in [0.25, 0.3) is 10.0 Å². The van der Waals surface area contributed by atoms with Crippen molar-refractivity contribution in [1.82, 2.24) is 3.97 Å². The van der Waals surface area contributed by atoms with Crippen molar-refractivity contribution in [3.63, 3.8) is 0 Å². The molecule has 0 spiro atoms. The lowest BCUT2D eigenvalue weighted by molar-refractivity contribution is 0.362. The van der Waals surface area contributed by atoms with E-state index in [0.29, 0.717) is 31.8 Å². The molecule has 24 heavy (non-hydrogen) atoms. The first-order valence-electron chi connectivity index (χ1n) is 7.10. The van der Waals surface area contributed by atoms with Crippen LogP contribution < -0.4 is 4.74 Å². The number of ether oxygens (including phenoxy) is 1. The Hall–Kier alpha value is -1.50. The summed E-state index contributed by atoms with van der Waals surface area (Å²) in [5.74, 6) is 0.493. The van der Waals surface area contributed by atoms with Crippen LogP contribution in [0.15, 0.2) is 51.8 Å². The topological polar surface area (TPSA) is 48.3 Å². The molecule has 0 bridgehead atoms. The van der Waals surface area contributed by atoms with E-state index in [1.807, 2.05) is 0 Å². The number of hydrogen-bond donors (Lipinski definition) is 0. The number of benzene rings is 2. The van der Waals surface area contributed by atoms with Crippen LogP contribution in [-0.4, -0.2) is 19.0 Å². The number of halogens is 2. The lowest BCUT2D eigenvalue weighted by Crippen LogP contribution is -2.15. The summed E-state index contributed by atoms with van der Waals surface area (Å²) in [6.07, 6.45) is 0. The Balaban J connectivity index is 2.40. The highest BCUT2D eigenvalue weighted by atomic mass is 79.9. The Labute approximate surface area is 154 Å². The second-order valence-electron chi connectivity index (χ2n) is 5.12. The molecule has 0 amide bonds. The average Bonchev–Trinajstić information content (AvgIpc) is 2.80. The van der Waals surface area contributed by atoms with Crippen LogP contribution >= 0.6 is 27.5 Å². The minimum absolute atomic E-state index is 0.172. The predicted molar refractivity (Wildman–Crippen MR) is 99.3 cm³/mol. The zero-order chi connectivity index (χ0) is 17.5. The summed E-state index contributed by atoms with van der Waals surface area (Å²) in [5.41, 5.74) is 0.950. The van der Waals surface area contributed by atoms with Gasteiger partial charge in [-0.3, -0.25) is 0 Å². The highest BCUT2D eigenvalue weighted by molar-refractivity contribution is 9.10. The lowest BCUT2D eigenvalue weighted by Gasteiger charge is -2.11. The van der Waals surface area contributed by atoms with E-state index in [9.17, 15) is 8.42 Å². The van der Waals surface area contributed by atoms with E-state index in [0.717, 1.165) is 0 Å². The first-order valence-corrected chi connectivity index (χ1v) is 9.71. The second kappa shape index (κ2) is 6.43. The van der Waals surface area contributed by atoms with Crippen molar-refractivity contribution in [2.24, 2.45) is 0 Å². The van der Waals surface area contributed by atoms with Crippen LogP contribution in [0, 0.1) is 13.8 Å². The van der Waals surface area contributed by atoms with Crippen molar-refractivity contribution in [1.29, 1.82) is 0 Å². The summed E-state index contributed by atoms with van der Waals surface area (Å²) in [6.45, 7) is 5.57. The summed E-state index contributed by atoms with van der Waals surface area (Å²) < 4.78 is 33.8. The Kier molecular flexibility index (Phi) is 4.64. The molecule has 125 valence electrons. The Morgan fingerprint density at radius 1 is 1.25 bits per heavy atom. The van der Waals surface area contributed by atoms with Crippen molar-refractivity contribution in [2.75, 3.05) is 6.61 Å². The van der Waals surface area contributed by atoms with Crippen LogP contribution in [-0.2, 0) is 10.0 Å². The molecular formula is C17H14BrClNO3S. The maximum atomic E-state index is 13.2. The maximum Gasteiger partial charge on any atom is 0.269 e. The number of hydrogen-bond acceptors (Lipinski definition) is 3. The molecule has 4 nitrogen and oxygen atoms in total. The molecule has 1 heterocycles. The van der Waals surface area contributed by atoms with E-state index >= 15 is 0 Å². The van der Waals surface area contributed by atoms with E-state index in [1.54, 1.807) is 49.4 Å². The predicted octanol–water partition coefficient (Wildman–Crippen LogP) is 4.82. The van der Waals surface area contributed by atoms with Gasteiger partial charge in [0.15, 0.2) is 0 Å². The summed E-state index contributed by atoms with van der Waals surface area (Å²) in [4.78, 5) is 0.172. The van der Waals surface area contributed by atoms with Gasteiger partial charge < -0.3 is 4.74 Å². The molecule has 0 N–H and O–H groups in total. The number of nitrogens with zero attached hydrogens (tertiary/aromatic N) is 1. The molecule has 0 aliphatic rings. The highest BCUT2D eigenvalue weighted by Gasteiger charge is 2.27. The largest absolute Gasteiger partial charge is 0.491 e. The van der Waals surface area contributed by atoms with E-state index in [2.05, 4.69) is 22.9 Å². The molecule has 0 aliphatic heterocycles. The first-order chi connectivity index (χ1) is 11.4. The third-order valence-corrected chi connectivity index (χ3v) is 6.71. The minimum Gasteiger partial charge on any atom is -0.491 e. The van der Waals surface area contributed by atoms with E-state index in [-0.39, 0.29) is 11.5 Å². The molecule has 0 saturated carbocycles. The normalized spacial score (nSPS) is 11.8. The van der Waals surface area contributed by atoms with Crippen molar-refractivity contribution in [3.8, 4) is 5.75 Å². The molecule has 3 rings (SSSR count). The minimum atomic E-state index is -3.83. The Bertz CT molecular complexity index is 1030. The molecule has 0 aliphatic carbocycles. The molecular weight excluding hydrogens is 414 g/mol. The van der Waals surface area contributed by atoms with Crippen LogP contribution in [0.4, 0.5) is 0 Å². The molecule has 7 heteroatoms. The molecule has 2 aromatic carbocycles. The zero-order valence-electron chi connectivity index (χ0n) is 12.8. The standard InChI is InChI=1S/C17H14BrClNO3S/c1-3-23-17-11(2)20(15-10-12(19)8-9-13(15)17)24(21,22)16-7-5-4-6-14(16)18/h4-10H,1,3H2,2H3. The molecule has 0 fully saturated rings. The quantitative estimate of drug-likeness (QED) is 0.600. The van der Waals surface area contributed by atoms with Crippen LogP contribution in [0.2, 0.25) is 5.02 Å². The van der Waals surface area contributed by atoms with Gasteiger partial charge in [0.2, 0.25) is 0 Å². The van der Waals surface area contributed by atoms with E-state index in [1.165, 1.54) is 3.97 Å². The molecule has 0 saturated heterocycles. The smallest absolute Gasteiger partial charge is 0.269 e. The summed E-state index contributed by atoms with van der Waals surface area (Å²) in [6, 6.07) is 11.8. The van der Waals surface area contributed by atoms with Gasteiger partial charge in [-0.15, -0.1) is 0 Å². The van der Waals surface area contributed by atoms with Crippen molar-refractivity contribution in [3.05, 3.63) is 64.6 Å². The van der Waals surface area contributed by atoms with Crippen molar-refractivity contribution >= 4 is 48.5 Å². The van der Waals surface area contributed by atoms with Gasteiger partial charge in [-0.05, 0) is 60.1 Å². The monoisotopic (exact) mass is 426 g/mol. The fourth-order valence-corrected chi connectivity index (χ4v) is 5.36. The molecule has 0 unspecified atom stereocenters. The van der Waals surface area contributed by atoms with Gasteiger partial charge in [0.1, 0.15) is 10.6 Å². The molecule has 1 aromatic heterocycles. The number of fused-ring (bicyclic) bond motifs is 1. The summed E-state index contributed by atoms with van der Waals surface area (Å²) >= 11 is 9.40. The number of rotatable bonds is 4. The van der Waals surface area contributed by atoms with Gasteiger partial charge in [-0.25, -0.2) is 12.4 Å². The van der Waals surface area contributed by atoms with Crippen LogP contribution in [0.1, 0.15) is 5.69 Å². The van der Waals surface area contributed by atoms with Crippen LogP contribution in [0.3, 0.4) is 0 Å². The number of aromatic nitrogens is 1. The SMILES string of the molecule is [CH2]COc1c(C)n(S(=O)(=O)c2ccccc2Br)c2cc(Cl)ccc12. The fraction of sp³-hybridized carbons (Fsp3) is 0.118. The van der Waals surface area contributed by atoms with Gasteiger partial charge in [0, 0.05) is 14.9 Å². The van der Waals surface area contributed by atoms with Gasteiger partial charge >= 0.3 is 0 Å². The molecule has 1 radical (unpaired) electrons. The molecule has 0 atom stereocenters. The highest BCUT2D eigenvalue weighted by Crippen LogP contribution is 2.37. The Morgan fingerprint density at radius 2 is 1.96 bits per heavy atom. The third kappa shape index (κ3) is 2.72.